The number of fused-ring (bicyclic) bond motifs is 2. The fourth-order valence-corrected chi connectivity index (χ4v) is 3.79. The van der Waals surface area contributed by atoms with Crippen LogP contribution in [0.25, 0.3) is 33.5 Å². The summed E-state index contributed by atoms with van der Waals surface area (Å²) in [4.78, 5) is 14.7. The third-order valence-corrected chi connectivity index (χ3v) is 5.24. The van der Waals surface area contributed by atoms with E-state index in [2.05, 4.69) is 25.9 Å². The van der Waals surface area contributed by atoms with Crippen molar-refractivity contribution in [1.82, 2.24) is 19.9 Å². The molecule has 6 nitrogen and oxygen atoms in total. The Morgan fingerprint density at radius 3 is 2.88 bits per heavy atom. The zero-order valence-corrected chi connectivity index (χ0v) is 14.5. The molecule has 6 heteroatoms. The molecular weight excluding hydrogens is 326 g/mol. The first-order valence-corrected chi connectivity index (χ1v) is 9.06. The number of H-pyrrole nitrogens is 1. The van der Waals surface area contributed by atoms with E-state index in [-0.39, 0.29) is 0 Å². The van der Waals surface area contributed by atoms with Crippen LogP contribution in [0.3, 0.4) is 0 Å². The molecule has 3 N–H and O–H groups in total. The third kappa shape index (κ3) is 2.67. The van der Waals surface area contributed by atoms with Gasteiger partial charge in [0.25, 0.3) is 0 Å². The topological polar surface area (TPSA) is 84.0 Å². The molecule has 4 heterocycles. The molecule has 0 radical (unpaired) electrons. The minimum atomic E-state index is 0.337. The summed E-state index contributed by atoms with van der Waals surface area (Å²) in [5.74, 6) is 0.778. The van der Waals surface area contributed by atoms with Crippen molar-refractivity contribution < 1.29 is 4.42 Å². The minimum Gasteiger partial charge on any atom is -0.454 e. The first-order chi connectivity index (χ1) is 12.8. The molecule has 5 rings (SSSR count). The summed E-state index contributed by atoms with van der Waals surface area (Å²) in [5.41, 5.74) is 9.79. The molecule has 3 aromatic heterocycles. The van der Waals surface area contributed by atoms with Gasteiger partial charge in [-0.1, -0.05) is 18.2 Å². The van der Waals surface area contributed by atoms with Crippen LogP contribution in [0.5, 0.6) is 0 Å². The average molecular weight is 347 g/mol. The summed E-state index contributed by atoms with van der Waals surface area (Å²) in [7, 11) is 0. The van der Waals surface area contributed by atoms with Gasteiger partial charge < -0.3 is 15.1 Å². The van der Waals surface area contributed by atoms with Gasteiger partial charge in [-0.2, -0.15) is 0 Å². The number of nitrogens with zero attached hydrogens (tertiary/aromatic N) is 3. The largest absolute Gasteiger partial charge is 0.454 e. The van der Waals surface area contributed by atoms with Crippen LogP contribution >= 0.6 is 0 Å². The second kappa shape index (κ2) is 6.23. The van der Waals surface area contributed by atoms with E-state index in [1.165, 1.54) is 5.56 Å². The second-order valence-electron chi connectivity index (χ2n) is 7.02. The Balaban J connectivity index is 1.56. The lowest BCUT2D eigenvalue weighted by Crippen LogP contribution is -2.39. The molecule has 1 aliphatic heterocycles. The van der Waals surface area contributed by atoms with Crippen molar-refractivity contribution in [1.29, 1.82) is 0 Å². The minimum absolute atomic E-state index is 0.337. The molecule has 1 aliphatic rings. The van der Waals surface area contributed by atoms with Crippen molar-refractivity contribution in [2.24, 2.45) is 5.73 Å². The van der Waals surface area contributed by atoms with E-state index in [0.29, 0.717) is 6.04 Å². The smallest absolute Gasteiger partial charge is 0.154 e. The highest BCUT2D eigenvalue weighted by Crippen LogP contribution is 2.32. The molecule has 0 saturated carbocycles. The number of aromatic amines is 1. The molecule has 132 valence electrons. The van der Waals surface area contributed by atoms with Crippen LogP contribution in [0.15, 0.2) is 47.3 Å². The first kappa shape index (κ1) is 15.5. The fraction of sp³-hybridized carbons (Fsp3) is 0.300. The Morgan fingerprint density at radius 2 is 2.04 bits per heavy atom. The van der Waals surface area contributed by atoms with Crippen LogP contribution in [-0.2, 0) is 6.54 Å². The summed E-state index contributed by atoms with van der Waals surface area (Å²) in [6.45, 7) is 2.93. The molecule has 4 aromatic rings. The van der Waals surface area contributed by atoms with E-state index in [9.17, 15) is 0 Å². The number of nitrogens with two attached hydrogens (primary N) is 1. The van der Waals surface area contributed by atoms with Crippen molar-refractivity contribution in [3.8, 4) is 11.5 Å². The van der Waals surface area contributed by atoms with Gasteiger partial charge >= 0.3 is 0 Å². The van der Waals surface area contributed by atoms with Gasteiger partial charge in [-0.15, -0.1) is 0 Å². The second-order valence-corrected chi connectivity index (χ2v) is 7.02. The summed E-state index contributed by atoms with van der Waals surface area (Å²) in [6.07, 6.45) is 5.73. The van der Waals surface area contributed by atoms with E-state index < -0.39 is 0 Å². The number of nitrogens with one attached hydrogen (secondary N) is 1. The summed E-state index contributed by atoms with van der Waals surface area (Å²) in [6, 6.07) is 10.4. The number of aromatic nitrogens is 3. The molecule has 1 saturated heterocycles. The molecule has 0 amide bonds. The van der Waals surface area contributed by atoms with Gasteiger partial charge in [-0.3, -0.25) is 4.90 Å². The summed E-state index contributed by atoms with van der Waals surface area (Å²) >= 11 is 0. The molecule has 0 atom stereocenters. The monoisotopic (exact) mass is 347 g/mol. The number of piperidine rings is 1. The van der Waals surface area contributed by atoms with Crippen LogP contribution in [0, 0.1) is 0 Å². The Morgan fingerprint density at radius 1 is 1.19 bits per heavy atom. The summed E-state index contributed by atoms with van der Waals surface area (Å²) < 4.78 is 6.06. The van der Waals surface area contributed by atoms with Crippen LogP contribution in [-0.4, -0.2) is 39.0 Å². The van der Waals surface area contributed by atoms with Crippen LogP contribution < -0.4 is 5.73 Å². The highest BCUT2D eigenvalue weighted by Gasteiger charge is 2.20. The normalized spacial score (nSPS) is 16.7. The van der Waals surface area contributed by atoms with Gasteiger partial charge in [0.1, 0.15) is 23.3 Å². The lowest BCUT2D eigenvalue weighted by molar-refractivity contribution is 0.206. The first-order valence-electron chi connectivity index (χ1n) is 9.06. The quantitative estimate of drug-likeness (QED) is 0.594. The standard InChI is InChI=1S/C20H21N5O/c21-15-5-7-25(8-6-15)11-14-10-22-20-18(14)19(23-12-24-20)17-9-13-3-1-2-4-16(13)26-17/h1-4,9-10,12,15H,5-8,11,21H2,(H,22,23,24). The van der Waals surface area contributed by atoms with Crippen molar-refractivity contribution in [3.63, 3.8) is 0 Å². The van der Waals surface area contributed by atoms with Crippen LogP contribution in [0.1, 0.15) is 18.4 Å². The van der Waals surface area contributed by atoms with Gasteiger partial charge in [0.15, 0.2) is 5.76 Å². The van der Waals surface area contributed by atoms with E-state index in [1.807, 2.05) is 30.5 Å². The van der Waals surface area contributed by atoms with Gasteiger partial charge in [-0.05, 0) is 43.6 Å². The highest BCUT2D eigenvalue weighted by molar-refractivity contribution is 5.94. The molecular formula is C20H21N5O. The molecule has 0 spiro atoms. The molecule has 1 aromatic carbocycles. The van der Waals surface area contributed by atoms with Gasteiger partial charge in [0, 0.05) is 24.2 Å². The Bertz CT molecular complexity index is 1030. The molecule has 0 aliphatic carbocycles. The number of para-hydroxylation sites is 1. The van der Waals surface area contributed by atoms with Crippen molar-refractivity contribution in [3.05, 3.63) is 48.4 Å². The molecule has 26 heavy (non-hydrogen) atoms. The van der Waals surface area contributed by atoms with Gasteiger partial charge in [0.05, 0.1) is 5.39 Å². The summed E-state index contributed by atoms with van der Waals surface area (Å²) in [5, 5.41) is 2.12. The van der Waals surface area contributed by atoms with Crippen molar-refractivity contribution in [2.75, 3.05) is 13.1 Å². The molecule has 0 bridgehead atoms. The number of rotatable bonds is 3. The molecule has 0 unspecified atom stereocenters. The number of likely N-dealkylation sites (tertiary alicyclic amines) is 1. The van der Waals surface area contributed by atoms with E-state index in [1.54, 1.807) is 6.33 Å². The Kier molecular flexibility index (Phi) is 3.72. The molecule has 1 fully saturated rings. The maximum absolute atomic E-state index is 6.06. The SMILES string of the molecule is NC1CCN(Cc2c[nH]c3ncnc(-c4cc5ccccc5o4)c23)CC1. The number of benzene rings is 1. The number of hydrogen-bond acceptors (Lipinski definition) is 5. The van der Waals surface area contributed by atoms with E-state index in [0.717, 1.165) is 65.9 Å². The number of furan rings is 1. The lowest BCUT2D eigenvalue weighted by Gasteiger charge is -2.29. The lowest BCUT2D eigenvalue weighted by atomic mass is 10.0. The third-order valence-electron chi connectivity index (χ3n) is 5.24. The van der Waals surface area contributed by atoms with Gasteiger partial charge in [-0.25, -0.2) is 9.97 Å². The zero-order valence-electron chi connectivity index (χ0n) is 14.5. The van der Waals surface area contributed by atoms with Crippen molar-refractivity contribution >= 4 is 22.0 Å². The maximum Gasteiger partial charge on any atom is 0.154 e. The van der Waals surface area contributed by atoms with Crippen LogP contribution in [0.2, 0.25) is 0 Å². The fourth-order valence-electron chi connectivity index (χ4n) is 3.79. The maximum atomic E-state index is 6.06. The predicted molar refractivity (Wildman–Crippen MR) is 102 cm³/mol. The number of hydrogen-bond donors (Lipinski definition) is 2. The highest BCUT2D eigenvalue weighted by atomic mass is 16.3. The zero-order chi connectivity index (χ0) is 17.5. The van der Waals surface area contributed by atoms with Crippen molar-refractivity contribution in [2.45, 2.75) is 25.4 Å². The predicted octanol–water partition coefficient (Wildman–Crippen LogP) is 3.29. The Hall–Kier alpha value is -2.70. The van der Waals surface area contributed by atoms with E-state index >= 15 is 0 Å². The average Bonchev–Trinajstić information content (AvgIpc) is 3.28. The van der Waals surface area contributed by atoms with Crippen LogP contribution in [0.4, 0.5) is 0 Å². The van der Waals surface area contributed by atoms with E-state index in [4.69, 9.17) is 10.2 Å². The Labute approximate surface area is 151 Å². The van der Waals surface area contributed by atoms with Gasteiger partial charge in [0.2, 0.25) is 0 Å².